The van der Waals surface area contributed by atoms with Crippen molar-refractivity contribution in [1.29, 1.82) is 0 Å². The first kappa shape index (κ1) is 11.6. The molecule has 0 saturated carbocycles. The summed E-state index contributed by atoms with van der Waals surface area (Å²) >= 11 is 0. The summed E-state index contributed by atoms with van der Waals surface area (Å²) in [6.07, 6.45) is 1.48. The van der Waals surface area contributed by atoms with Crippen LogP contribution in [0.3, 0.4) is 0 Å². The number of hydrogen-bond donors (Lipinski definition) is 0. The zero-order valence-electron chi connectivity index (χ0n) is 9.70. The van der Waals surface area contributed by atoms with Gasteiger partial charge in [-0.3, -0.25) is 0 Å². The van der Waals surface area contributed by atoms with Gasteiger partial charge in [-0.05, 0) is 36.2 Å². The molecular weight excluding hydrogens is 216 g/mol. The summed E-state index contributed by atoms with van der Waals surface area (Å²) in [5.41, 5.74) is 2.36. The average molecular weight is 227 g/mol. The second kappa shape index (κ2) is 4.57. The fourth-order valence-corrected chi connectivity index (χ4v) is 1.64. The third-order valence-corrected chi connectivity index (χ3v) is 2.53. The number of benzene rings is 1. The molecule has 2 nitrogen and oxygen atoms in total. The topological polar surface area (TPSA) is 22.1 Å². The van der Waals surface area contributed by atoms with Crippen LogP contribution in [0.25, 0.3) is 11.1 Å². The van der Waals surface area contributed by atoms with Crippen LogP contribution in [0.4, 0.5) is 4.39 Å². The van der Waals surface area contributed by atoms with E-state index in [0.29, 0.717) is 22.3 Å². The van der Waals surface area contributed by atoms with E-state index in [4.69, 9.17) is 12.6 Å². The SMILES string of the molecule is [B]c1ccc(OC)cc1-c1cc(C)cnc1F. The highest BCUT2D eigenvalue weighted by atomic mass is 19.1. The molecule has 4 heteroatoms. The molecule has 2 aromatic rings. The third kappa shape index (κ3) is 2.30. The maximum absolute atomic E-state index is 13.7. The molecule has 1 aromatic carbocycles. The Hall–Kier alpha value is -1.84. The van der Waals surface area contributed by atoms with Gasteiger partial charge in [-0.1, -0.05) is 11.5 Å². The molecule has 1 heterocycles. The Kier molecular flexibility index (Phi) is 3.13. The zero-order chi connectivity index (χ0) is 12.4. The van der Waals surface area contributed by atoms with Crippen molar-refractivity contribution >= 4 is 13.3 Å². The van der Waals surface area contributed by atoms with Crippen LogP contribution in [0.1, 0.15) is 5.56 Å². The minimum atomic E-state index is -0.532. The molecule has 0 amide bonds. The molecule has 2 rings (SSSR count). The van der Waals surface area contributed by atoms with Gasteiger partial charge in [0.25, 0.3) is 0 Å². The molecule has 2 radical (unpaired) electrons. The summed E-state index contributed by atoms with van der Waals surface area (Å²) < 4.78 is 18.8. The van der Waals surface area contributed by atoms with Crippen molar-refractivity contribution < 1.29 is 9.13 Å². The first-order valence-electron chi connectivity index (χ1n) is 5.18. The van der Waals surface area contributed by atoms with E-state index in [1.165, 1.54) is 6.20 Å². The molecule has 0 aliphatic heterocycles. The number of aryl methyl sites for hydroxylation is 1. The number of halogens is 1. The second-order valence-electron chi connectivity index (χ2n) is 3.80. The lowest BCUT2D eigenvalue weighted by atomic mass is 9.87. The normalized spacial score (nSPS) is 10.3. The van der Waals surface area contributed by atoms with Gasteiger partial charge >= 0.3 is 0 Å². The van der Waals surface area contributed by atoms with Crippen LogP contribution in [-0.4, -0.2) is 19.9 Å². The van der Waals surface area contributed by atoms with E-state index in [1.54, 1.807) is 31.4 Å². The van der Waals surface area contributed by atoms with Crippen molar-refractivity contribution in [1.82, 2.24) is 4.98 Å². The Morgan fingerprint density at radius 3 is 2.71 bits per heavy atom. The number of methoxy groups -OCH3 is 1. The molecule has 0 atom stereocenters. The molecule has 1 aromatic heterocycles. The lowest BCUT2D eigenvalue weighted by Gasteiger charge is -2.10. The lowest BCUT2D eigenvalue weighted by Crippen LogP contribution is -2.08. The van der Waals surface area contributed by atoms with E-state index < -0.39 is 5.95 Å². The Morgan fingerprint density at radius 2 is 2.00 bits per heavy atom. The quantitative estimate of drug-likeness (QED) is 0.578. The molecule has 0 saturated heterocycles. The van der Waals surface area contributed by atoms with E-state index in [0.717, 1.165) is 5.56 Å². The lowest BCUT2D eigenvalue weighted by molar-refractivity contribution is 0.415. The van der Waals surface area contributed by atoms with Crippen molar-refractivity contribution in [3.63, 3.8) is 0 Å². The van der Waals surface area contributed by atoms with Crippen molar-refractivity contribution in [2.75, 3.05) is 7.11 Å². The molecule has 0 unspecified atom stereocenters. The standard InChI is InChI=1S/C13H11BFNO/c1-8-5-11(13(15)16-7-8)10-6-9(17-2)3-4-12(10)14/h3-7H,1-2H3. The fourth-order valence-electron chi connectivity index (χ4n) is 1.64. The van der Waals surface area contributed by atoms with E-state index in [-0.39, 0.29) is 0 Å². The maximum atomic E-state index is 13.7. The monoisotopic (exact) mass is 227 g/mol. The number of hydrogen-bond acceptors (Lipinski definition) is 2. The van der Waals surface area contributed by atoms with Gasteiger partial charge in [0.1, 0.15) is 13.6 Å². The van der Waals surface area contributed by atoms with E-state index >= 15 is 0 Å². The van der Waals surface area contributed by atoms with Crippen LogP contribution >= 0.6 is 0 Å². The first-order chi connectivity index (χ1) is 8.11. The van der Waals surface area contributed by atoms with Crippen LogP contribution in [-0.2, 0) is 0 Å². The molecule has 17 heavy (non-hydrogen) atoms. The minimum Gasteiger partial charge on any atom is -0.497 e. The van der Waals surface area contributed by atoms with Crippen molar-refractivity contribution in [2.24, 2.45) is 0 Å². The Labute approximate surface area is 101 Å². The molecule has 0 aliphatic carbocycles. The van der Waals surface area contributed by atoms with Gasteiger partial charge in [0.05, 0.1) is 7.11 Å². The predicted octanol–water partition coefficient (Wildman–Crippen LogP) is 2.00. The highest BCUT2D eigenvalue weighted by Crippen LogP contribution is 2.24. The molecule has 0 bridgehead atoms. The van der Waals surface area contributed by atoms with Crippen LogP contribution in [0.2, 0.25) is 0 Å². The number of ether oxygens (including phenoxy) is 1. The Morgan fingerprint density at radius 1 is 1.24 bits per heavy atom. The molecule has 0 aliphatic rings. The van der Waals surface area contributed by atoms with Crippen LogP contribution < -0.4 is 10.2 Å². The third-order valence-electron chi connectivity index (χ3n) is 2.53. The van der Waals surface area contributed by atoms with Crippen LogP contribution in [0, 0.1) is 12.9 Å². The fraction of sp³-hybridized carbons (Fsp3) is 0.154. The van der Waals surface area contributed by atoms with Gasteiger partial charge in [0.2, 0.25) is 5.95 Å². The van der Waals surface area contributed by atoms with Gasteiger partial charge < -0.3 is 4.74 Å². The molecular formula is C13H11BFNO. The summed E-state index contributed by atoms with van der Waals surface area (Å²) in [4.78, 5) is 3.69. The Bertz CT molecular complexity index is 557. The zero-order valence-corrected chi connectivity index (χ0v) is 9.70. The summed E-state index contributed by atoms with van der Waals surface area (Å²) in [6, 6.07) is 6.85. The molecule has 0 spiro atoms. The minimum absolute atomic E-state index is 0.390. The number of nitrogens with zero attached hydrogens (tertiary/aromatic N) is 1. The number of rotatable bonds is 2. The van der Waals surface area contributed by atoms with E-state index in [1.807, 2.05) is 6.92 Å². The smallest absolute Gasteiger partial charge is 0.220 e. The first-order valence-corrected chi connectivity index (χ1v) is 5.18. The van der Waals surface area contributed by atoms with Gasteiger partial charge in [0, 0.05) is 11.8 Å². The van der Waals surface area contributed by atoms with Crippen LogP contribution in [0.15, 0.2) is 30.5 Å². The molecule has 84 valence electrons. The molecule has 0 N–H and O–H groups in total. The summed E-state index contributed by atoms with van der Waals surface area (Å²) in [6.45, 7) is 1.85. The van der Waals surface area contributed by atoms with E-state index in [2.05, 4.69) is 4.98 Å². The van der Waals surface area contributed by atoms with Crippen molar-refractivity contribution in [2.45, 2.75) is 6.92 Å². The Balaban J connectivity index is 2.62. The summed E-state index contributed by atoms with van der Waals surface area (Å²) in [7, 11) is 7.40. The molecule has 0 fully saturated rings. The van der Waals surface area contributed by atoms with Gasteiger partial charge in [0.15, 0.2) is 0 Å². The van der Waals surface area contributed by atoms with Gasteiger partial charge in [-0.15, -0.1) is 0 Å². The van der Waals surface area contributed by atoms with Crippen molar-refractivity contribution in [3.05, 3.63) is 42.0 Å². The van der Waals surface area contributed by atoms with E-state index in [9.17, 15) is 4.39 Å². The summed E-state index contributed by atoms with van der Waals surface area (Å²) in [5, 5.41) is 0. The number of aromatic nitrogens is 1. The van der Waals surface area contributed by atoms with Gasteiger partial charge in [-0.25, -0.2) is 4.98 Å². The van der Waals surface area contributed by atoms with Crippen molar-refractivity contribution in [3.8, 4) is 16.9 Å². The summed E-state index contributed by atoms with van der Waals surface area (Å²) in [5.74, 6) is 0.102. The maximum Gasteiger partial charge on any atom is 0.220 e. The average Bonchev–Trinajstić information content (AvgIpc) is 2.33. The second-order valence-corrected chi connectivity index (χ2v) is 3.80. The largest absolute Gasteiger partial charge is 0.497 e. The number of pyridine rings is 1. The van der Waals surface area contributed by atoms with Crippen LogP contribution in [0.5, 0.6) is 5.75 Å². The predicted molar refractivity (Wildman–Crippen MR) is 66.3 cm³/mol. The highest BCUT2D eigenvalue weighted by Gasteiger charge is 2.10. The highest BCUT2D eigenvalue weighted by molar-refractivity contribution is 6.36. The van der Waals surface area contributed by atoms with Gasteiger partial charge in [-0.2, -0.15) is 4.39 Å².